The fourth-order valence-corrected chi connectivity index (χ4v) is 2.45. The monoisotopic (exact) mass is 374 g/mol. The number of nitrogens with zero attached hydrogens (tertiary/aromatic N) is 2. The number of nitrogens with two attached hydrogens (primary N) is 1. The first kappa shape index (κ1) is 18.2. The van der Waals surface area contributed by atoms with Crippen molar-refractivity contribution in [3.63, 3.8) is 0 Å². The molecule has 2 amide bonds. The number of halogens is 3. The predicted octanol–water partition coefficient (Wildman–Crippen LogP) is 4.20. The minimum atomic E-state index is -4.80. The molecule has 0 bridgehead atoms. The Kier molecular flexibility index (Phi) is 4.93. The third-order valence-electron chi connectivity index (χ3n) is 3.47. The van der Waals surface area contributed by atoms with Gasteiger partial charge in [-0.3, -0.25) is 5.32 Å². The van der Waals surface area contributed by atoms with E-state index in [-0.39, 0.29) is 17.3 Å². The Hall–Kier alpha value is -3.62. The molecule has 3 aromatic rings. The number of benzene rings is 2. The number of rotatable bonds is 4. The summed E-state index contributed by atoms with van der Waals surface area (Å²) in [4.78, 5) is 19.0. The zero-order valence-corrected chi connectivity index (χ0v) is 13.7. The Bertz CT molecular complexity index is 977. The molecule has 0 aliphatic carbocycles. The van der Waals surface area contributed by atoms with Crippen molar-refractivity contribution in [3.05, 3.63) is 60.8 Å². The number of ether oxygens (including phenoxy) is 1. The third-order valence-corrected chi connectivity index (χ3v) is 3.47. The van der Waals surface area contributed by atoms with Gasteiger partial charge in [-0.1, -0.05) is 36.4 Å². The lowest BCUT2D eigenvalue weighted by atomic mass is 10.0. The number of primary amides is 1. The Morgan fingerprint density at radius 3 is 2.52 bits per heavy atom. The first-order valence-corrected chi connectivity index (χ1v) is 7.67. The Labute approximate surface area is 151 Å². The lowest BCUT2D eigenvalue weighted by Crippen LogP contribution is -2.20. The molecule has 0 unspecified atom stereocenters. The van der Waals surface area contributed by atoms with Crippen LogP contribution in [0.3, 0.4) is 0 Å². The highest BCUT2D eigenvalue weighted by Crippen LogP contribution is 2.35. The lowest BCUT2D eigenvalue weighted by molar-refractivity contribution is -0.274. The van der Waals surface area contributed by atoms with Crippen molar-refractivity contribution < 1.29 is 22.7 Å². The number of carbonyl (C=O) groups excluding carboxylic acids is 1. The quantitative estimate of drug-likeness (QED) is 0.716. The summed E-state index contributed by atoms with van der Waals surface area (Å²) in [6.45, 7) is 0. The van der Waals surface area contributed by atoms with Crippen LogP contribution in [0.2, 0.25) is 0 Å². The molecule has 3 N–H and O–H groups in total. The Morgan fingerprint density at radius 2 is 1.78 bits per heavy atom. The molecule has 0 fully saturated rings. The molecular weight excluding hydrogens is 361 g/mol. The first-order valence-electron chi connectivity index (χ1n) is 7.67. The van der Waals surface area contributed by atoms with Crippen LogP contribution in [0.4, 0.5) is 23.9 Å². The van der Waals surface area contributed by atoms with E-state index in [0.29, 0.717) is 16.8 Å². The second-order valence-electron chi connectivity index (χ2n) is 5.38. The highest BCUT2D eigenvalue weighted by atomic mass is 19.4. The second-order valence-corrected chi connectivity index (χ2v) is 5.38. The van der Waals surface area contributed by atoms with Crippen molar-refractivity contribution in [2.24, 2.45) is 5.73 Å². The van der Waals surface area contributed by atoms with E-state index in [9.17, 15) is 18.0 Å². The molecule has 9 heteroatoms. The topological polar surface area (TPSA) is 90.1 Å². The maximum absolute atomic E-state index is 12.6. The van der Waals surface area contributed by atoms with E-state index in [4.69, 9.17) is 5.73 Å². The zero-order chi connectivity index (χ0) is 19.4. The molecule has 27 heavy (non-hydrogen) atoms. The second kappa shape index (κ2) is 7.32. The number of hydrogen-bond acceptors (Lipinski definition) is 4. The highest BCUT2D eigenvalue weighted by Gasteiger charge is 2.32. The molecular formula is C18H13F3N4O2. The summed E-state index contributed by atoms with van der Waals surface area (Å²) in [6.07, 6.45) is -3.36. The smallest absolute Gasteiger partial charge is 0.405 e. The van der Waals surface area contributed by atoms with Crippen LogP contribution in [-0.2, 0) is 0 Å². The van der Waals surface area contributed by atoms with Crippen molar-refractivity contribution >= 4 is 12.0 Å². The van der Waals surface area contributed by atoms with Crippen LogP contribution in [0.25, 0.3) is 22.4 Å². The summed E-state index contributed by atoms with van der Waals surface area (Å²) in [5.41, 5.74) is 6.91. The van der Waals surface area contributed by atoms with Gasteiger partial charge in [0.1, 0.15) is 5.75 Å². The van der Waals surface area contributed by atoms with Crippen LogP contribution in [0.15, 0.2) is 60.8 Å². The molecule has 0 radical (unpaired) electrons. The third kappa shape index (κ3) is 4.72. The van der Waals surface area contributed by atoms with Crippen LogP contribution < -0.4 is 15.8 Å². The number of para-hydroxylation sites is 1. The molecule has 6 nitrogen and oxygen atoms in total. The number of alkyl halides is 3. The van der Waals surface area contributed by atoms with Gasteiger partial charge in [0.2, 0.25) is 5.95 Å². The van der Waals surface area contributed by atoms with Crippen molar-refractivity contribution in [3.8, 4) is 28.1 Å². The van der Waals surface area contributed by atoms with Gasteiger partial charge in [-0.2, -0.15) is 0 Å². The SMILES string of the molecule is NC(=O)Nc1nccc(-c2cccc(-c3ccccc3OC(F)(F)F)c2)n1. The normalized spacial score (nSPS) is 11.1. The van der Waals surface area contributed by atoms with Gasteiger partial charge in [0.05, 0.1) is 5.69 Å². The molecule has 0 atom stereocenters. The van der Waals surface area contributed by atoms with E-state index in [1.807, 2.05) is 0 Å². The summed E-state index contributed by atoms with van der Waals surface area (Å²) in [7, 11) is 0. The minimum absolute atomic E-state index is 0.0196. The van der Waals surface area contributed by atoms with Gasteiger partial charge in [0, 0.05) is 17.3 Å². The van der Waals surface area contributed by atoms with Crippen LogP contribution in [-0.4, -0.2) is 22.4 Å². The van der Waals surface area contributed by atoms with Gasteiger partial charge in [0.25, 0.3) is 0 Å². The number of urea groups is 1. The summed E-state index contributed by atoms with van der Waals surface area (Å²) < 4.78 is 42.0. The van der Waals surface area contributed by atoms with Crippen LogP contribution in [0, 0.1) is 0 Å². The molecule has 1 aromatic heterocycles. The molecule has 0 saturated heterocycles. The molecule has 0 spiro atoms. The number of hydrogen-bond donors (Lipinski definition) is 2. The first-order chi connectivity index (χ1) is 12.8. The van der Waals surface area contributed by atoms with E-state index >= 15 is 0 Å². The lowest BCUT2D eigenvalue weighted by Gasteiger charge is -2.14. The predicted molar refractivity (Wildman–Crippen MR) is 92.8 cm³/mol. The van der Waals surface area contributed by atoms with E-state index < -0.39 is 12.4 Å². The van der Waals surface area contributed by atoms with Crippen molar-refractivity contribution in [1.82, 2.24) is 9.97 Å². The summed E-state index contributed by atoms with van der Waals surface area (Å²) in [5.74, 6) is -0.285. The number of anilines is 1. The fraction of sp³-hybridized carbons (Fsp3) is 0.0556. The maximum atomic E-state index is 12.6. The molecule has 3 rings (SSSR count). The summed E-state index contributed by atoms with van der Waals surface area (Å²) in [5, 5.41) is 2.27. The number of amides is 2. The summed E-state index contributed by atoms with van der Waals surface area (Å²) >= 11 is 0. The van der Waals surface area contributed by atoms with Gasteiger partial charge in [-0.25, -0.2) is 14.8 Å². The molecule has 0 aliphatic rings. The van der Waals surface area contributed by atoms with Crippen LogP contribution in [0.1, 0.15) is 0 Å². The van der Waals surface area contributed by atoms with E-state index in [2.05, 4.69) is 20.0 Å². The number of aromatic nitrogens is 2. The summed E-state index contributed by atoms with van der Waals surface area (Å²) in [6, 6.07) is 13.4. The highest BCUT2D eigenvalue weighted by molar-refractivity contribution is 5.86. The van der Waals surface area contributed by atoms with Gasteiger partial charge < -0.3 is 10.5 Å². The molecule has 1 heterocycles. The number of carbonyl (C=O) groups is 1. The standard InChI is InChI=1S/C18H13F3N4O2/c19-18(20,21)27-15-7-2-1-6-13(15)11-4-3-5-12(10-11)14-8-9-23-17(24-14)25-16(22)26/h1-10H,(H3,22,23,24,25,26). The minimum Gasteiger partial charge on any atom is -0.405 e. The number of nitrogens with one attached hydrogen (secondary N) is 1. The Balaban J connectivity index is 1.99. The molecule has 2 aromatic carbocycles. The molecule has 0 aliphatic heterocycles. The average molecular weight is 374 g/mol. The fourth-order valence-electron chi connectivity index (χ4n) is 2.45. The van der Waals surface area contributed by atoms with E-state index in [0.717, 1.165) is 0 Å². The Morgan fingerprint density at radius 1 is 1.04 bits per heavy atom. The van der Waals surface area contributed by atoms with Gasteiger partial charge in [-0.15, -0.1) is 13.2 Å². The van der Waals surface area contributed by atoms with E-state index in [1.54, 1.807) is 36.4 Å². The largest absolute Gasteiger partial charge is 0.573 e. The molecule has 138 valence electrons. The van der Waals surface area contributed by atoms with Gasteiger partial charge >= 0.3 is 12.4 Å². The van der Waals surface area contributed by atoms with Crippen molar-refractivity contribution in [2.45, 2.75) is 6.36 Å². The van der Waals surface area contributed by atoms with Gasteiger partial charge in [-0.05, 0) is 23.8 Å². The maximum Gasteiger partial charge on any atom is 0.573 e. The van der Waals surface area contributed by atoms with E-state index in [1.165, 1.54) is 24.4 Å². The van der Waals surface area contributed by atoms with Crippen LogP contribution >= 0.6 is 0 Å². The average Bonchev–Trinajstić information content (AvgIpc) is 2.61. The molecule has 0 saturated carbocycles. The van der Waals surface area contributed by atoms with Crippen molar-refractivity contribution in [2.75, 3.05) is 5.32 Å². The van der Waals surface area contributed by atoms with Crippen LogP contribution in [0.5, 0.6) is 5.75 Å². The zero-order valence-electron chi connectivity index (χ0n) is 13.7. The van der Waals surface area contributed by atoms with Gasteiger partial charge in [0.15, 0.2) is 0 Å². The van der Waals surface area contributed by atoms with Crippen molar-refractivity contribution in [1.29, 1.82) is 0 Å².